The predicted molar refractivity (Wildman–Crippen MR) is 67.8 cm³/mol. The second-order valence-corrected chi connectivity index (χ2v) is 4.74. The molecule has 0 unspecified atom stereocenters. The summed E-state index contributed by atoms with van der Waals surface area (Å²) in [4.78, 5) is 0. The molecule has 6 heteroatoms. The zero-order valence-corrected chi connectivity index (χ0v) is 10.9. The van der Waals surface area contributed by atoms with Gasteiger partial charge in [-0.3, -0.25) is 9.67 Å². The summed E-state index contributed by atoms with van der Waals surface area (Å²) in [5, 5.41) is 7.07. The molecule has 0 atom stereocenters. The molecule has 1 aromatic carbocycles. The minimum Gasteiger partial charge on any atom is -0.267 e. The largest absolute Gasteiger partial charge is 0.267 e. The van der Waals surface area contributed by atoms with Gasteiger partial charge in [-0.1, -0.05) is 31.5 Å². The molecule has 0 saturated carbocycles. The van der Waals surface area contributed by atoms with Crippen molar-refractivity contribution in [2.75, 3.05) is 0 Å². The van der Waals surface area contributed by atoms with E-state index >= 15 is 0 Å². The van der Waals surface area contributed by atoms with Gasteiger partial charge in [-0.05, 0) is 24.4 Å². The van der Waals surface area contributed by atoms with Gasteiger partial charge in [0.25, 0.3) is 0 Å². The number of halogens is 2. The molecular weight excluding hydrogens is 261 g/mol. The molecule has 1 heterocycles. The molecule has 0 aliphatic rings. The number of hydrogen-bond donors (Lipinski definition) is 1. The van der Waals surface area contributed by atoms with Gasteiger partial charge in [0, 0.05) is 5.92 Å². The number of hydrogen-bond acceptors (Lipinski definition) is 2. The van der Waals surface area contributed by atoms with E-state index in [2.05, 4.69) is 10.2 Å². The third-order valence-electron chi connectivity index (χ3n) is 2.38. The maximum absolute atomic E-state index is 13.8. The summed E-state index contributed by atoms with van der Waals surface area (Å²) >= 11 is 11.1. The minimum absolute atomic E-state index is 0.110. The van der Waals surface area contributed by atoms with E-state index in [1.807, 2.05) is 13.8 Å². The van der Waals surface area contributed by atoms with Gasteiger partial charge in [-0.2, -0.15) is 5.10 Å². The molecule has 2 aromatic rings. The van der Waals surface area contributed by atoms with Crippen molar-refractivity contribution in [2.24, 2.45) is 0 Å². The lowest BCUT2D eigenvalue weighted by Crippen LogP contribution is -2.06. The van der Waals surface area contributed by atoms with Crippen molar-refractivity contribution in [2.45, 2.75) is 19.8 Å². The summed E-state index contributed by atoms with van der Waals surface area (Å²) in [6, 6.07) is 4.53. The topological polar surface area (TPSA) is 33.6 Å². The quantitative estimate of drug-likeness (QED) is 0.842. The van der Waals surface area contributed by atoms with Crippen molar-refractivity contribution < 1.29 is 4.39 Å². The summed E-state index contributed by atoms with van der Waals surface area (Å²) in [5.41, 5.74) is 0.247. The van der Waals surface area contributed by atoms with Gasteiger partial charge in [0.15, 0.2) is 4.77 Å². The maximum Gasteiger partial charge on any atom is 0.200 e. The number of nitrogens with zero attached hydrogens (tertiary/aromatic N) is 2. The summed E-state index contributed by atoms with van der Waals surface area (Å²) in [5.74, 6) is 0.345. The van der Waals surface area contributed by atoms with Gasteiger partial charge in [-0.25, -0.2) is 4.39 Å². The molecule has 90 valence electrons. The van der Waals surface area contributed by atoms with Crippen LogP contribution in [0, 0.1) is 10.6 Å². The Hall–Kier alpha value is -1.20. The molecule has 17 heavy (non-hydrogen) atoms. The van der Waals surface area contributed by atoms with Crippen LogP contribution in [0.3, 0.4) is 0 Å². The molecule has 0 amide bonds. The Labute approximate surface area is 108 Å². The second-order valence-electron chi connectivity index (χ2n) is 3.95. The lowest BCUT2D eigenvalue weighted by molar-refractivity contribution is 0.611. The smallest absolute Gasteiger partial charge is 0.200 e. The Morgan fingerprint density at radius 1 is 1.47 bits per heavy atom. The third kappa shape index (κ3) is 2.12. The van der Waals surface area contributed by atoms with Crippen molar-refractivity contribution >= 4 is 23.8 Å². The molecule has 0 fully saturated rings. The normalized spacial score (nSPS) is 11.1. The lowest BCUT2D eigenvalue weighted by atomic mass is 10.2. The zero-order chi connectivity index (χ0) is 12.6. The Morgan fingerprint density at radius 2 is 2.18 bits per heavy atom. The predicted octanol–water partition coefficient (Wildman–Crippen LogP) is 3.85. The van der Waals surface area contributed by atoms with Gasteiger partial charge >= 0.3 is 0 Å². The molecule has 0 saturated heterocycles. The molecule has 2 rings (SSSR count). The van der Waals surface area contributed by atoms with Gasteiger partial charge < -0.3 is 0 Å². The van der Waals surface area contributed by atoms with Crippen LogP contribution >= 0.6 is 23.8 Å². The third-order valence-corrected chi connectivity index (χ3v) is 2.95. The first kappa shape index (κ1) is 12.3. The summed E-state index contributed by atoms with van der Waals surface area (Å²) in [6.07, 6.45) is 0. The molecule has 0 spiro atoms. The number of aromatic amines is 1. The standard InChI is InChI=1S/C11H11ClFN3S/c1-6(2)10-14-15-11(17)16(10)9-7(12)4-3-5-8(9)13/h3-6H,1-2H3,(H,15,17). The Bertz CT molecular complexity index is 583. The molecule has 0 aliphatic carbocycles. The van der Waals surface area contributed by atoms with Crippen molar-refractivity contribution in [1.29, 1.82) is 0 Å². The van der Waals surface area contributed by atoms with E-state index < -0.39 is 5.82 Å². The van der Waals surface area contributed by atoms with Crippen LogP contribution in [0.4, 0.5) is 4.39 Å². The number of para-hydroxylation sites is 1. The summed E-state index contributed by atoms with van der Waals surface area (Å²) in [7, 11) is 0. The van der Waals surface area contributed by atoms with Crippen molar-refractivity contribution in [3.63, 3.8) is 0 Å². The lowest BCUT2D eigenvalue weighted by Gasteiger charge is -2.11. The van der Waals surface area contributed by atoms with E-state index in [0.717, 1.165) is 0 Å². The molecule has 1 aromatic heterocycles. The molecule has 0 aliphatic heterocycles. The first-order valence-electron chi connectivity index (χ1n) is 5.14. The SMILES string of the molecule is CC(C)c1n[nH]c(=S)n1-c1c(F)cccc1Cl. The van der Waals surface area contributed by atoms with Crippen LogP contribution in [0.1, 0.15) is 25.6 Å². The van der Waals surface area contributed by atoms with Crippen LogP contribution in [0.5, 0.6) is 0 Å². The van der Waals surface area contributed by atoms with Crippen molar-refractivity contribution in [3.05, 3.63) is 39.6 Å². The monoisotopic (exact) mass is 271 g/mol. The fourth-order valence-electron chi connectivity index (χ4n) is 1.62. The molecular formula is C11H11ClFN3S. The summed E-state index contributed by atoms with van der Waals surface area (Å²) < 4.78 is 15.7. The highest BCUT2D eigenvalue weighted by atomic mass is 35.5. The van der Waals surface area contributed by atoms with E-state index in [1.54, 1.807) is 12.1 Å². The fourth-order valence-corrected chi connectivity index (χ4v) is 2.09. The van der Waals surface area contributed by atoms with Crippen LogP contribution in [-0.2, 0) is 0 Å². The minimum atomic E-state index is -0.420. The van der Waals surface area contributed by atoms with E-state index in [9.17, 15) is 4.39 Å². The highest BCUT2D eigenvalue weighted by Gasteiger charge is 2.17. The van der Waals surface area contributed by atoms with E-state index in [0.29, 0.717) is 15.6 Å². The van der Waals surface area contributed by atoms with Gasteiger partial charge in [0.05, 0.1) is 5.02 Å². The number of nitrogens with one attached hydrogen (secondary N) is 1. The van der Waals surface area contributed by atoms with Crippen molar-refractivity contribution in [1.82, 2.24) is 14.8 Å². The molecule has 1 N–H and O–H groups in total. The molecule has 0 radical (unpaired) electrons. The zero-order valence-electron chi connectivity index (χ0n) is 9.37. The number of aromatic nitrogens is 3. The maximum atomic E-state index is 13.8. The first-order valence-corrected chi connectivity index (χ1v) is 5.92. The second kappa shape index (κ2) is 4.58. The van der Waals surface area contributed by atoms with Gasteiger partial charge in [0.1, 0.15) is 17.3 Å². The van der Waals surface area contributed by atoms with Gasteiger partial charge in [0.2, 0.25) is 0 Å². The van der Waals surface area contributed by atoms with E-state index in [4.69, 9.17) is 23.8 Å². The Balaban J connectivity index is 2.77. The van der Waals surface area contributed by atoms with Crippen LogP contribution in [0.2, 0.25) is 5.02 Å². The highest BCUT2D eigenvalue weighted by molar-refractivity contribution is 7.71. The summed E-state index contributed by atoms with van der Waals surface area (Å²) in [6.45, 7) is 3.91. The number of benzene rings is 1. The van der Waals surface area contributed by atoms with Crippen LogP contribution in [-0.4, -0.2) is 14.8 Å². The average molecular weight is 272 g/mol. The first-order chi connectivity index (χ1) is 8.02. The Kier molecular flexibility index (Phi) is 3.31. The van der Waals surface area contributed by atoms with E-state index in [-0.39, 0.29) is 11.6 Å². The van der Waals surface area contributed by atoms with E-state index in [1.165, 1.54) is 10.6 Å². The van der Waals surface area contributed by atoms with Crippen molar-refractivity contribution in [3.8, 4) is 5.69 Å². The number of rotatable bonds is 2. The average Bonchev–Trinajstić information content (AvgIpc) is 2.61. The van der Waals surface area contributed by atoms with Crippen LogP contribution < -0.4 is 0 Å². The van der Waals surface area contributed by atoms with Crippen LogP contribution in [0.15, 0.2) is 18.2 Å². The number of H-pyrrole nitrogens is 1. The van der Waals surface area contributed by atoms with Crippen LogP contribution in [0.25, 0.3) is 5.69 Å². The fraction of sp³-hybridized carbons (Fsp3) is 0.273. The molecule has 0 bridgehead atoms. The Morgan fingerprint density at radius 3 is 2.76 bits per heavy atom. The van der Waals surface area contributed by atoms with Gasteiger partial charge in [-0.15, -0.1) is 0 Å². The highest BCUT2D eigenvalue weighted by Crippen LogP contribution is 2.26. The molecule has 3 nitrogen and oxygen atoms in total.